The highest BCUT2D eigenvalue weighted by Gasteiger charge is 2.22. The van der Waals surface area contributed by atoms with Crippen LogP contribution in [0, 0.1) is 11.8 Å². The minimum atomic E-state index is 0.697. The Balaban J connectivity index is 2.01. The maximum atomic E-state index is 5.46. The SMILES string of the molecule is COc1cc(OC)c(OC)cc1CNCC1CCCC1C. The van der Waals surface area contributed by atoms with Gasteiger partial charge in [0.1, 0.15) is 5.75 Å². The van der Waals surface area contributed by atoms with Crippen LogP contribution < -0.4 is 19.5 Å². The number of hydrogen-bond acceptors (Lipinski definition) is 4. The summed E-state index contributed by atoms with van der Waals surface area (Å²) in [6.07, 6.45) is 4.08. The first-order valence-electron chi connectivity index (χ1n) is 7.69. The lowest BCUT2D eigenvalue weighted by atomic mass is 9.98. The fourth-order valence-electron chi connectivity index (χ4n) is 3.15. The van der Waals surface area contributed by atoms with Crippen molar-refractivity contribution in [2.75, 3.05) is 27.9 Å². The van der Waals surface area contributed by atoms with Crippen molar-refractivity contribution < 1.29 is 14.2 Å². The van der Waals surface area contributed by atoms with E-state index in [9.17, 15) is 0 Å². The summed E-state index contributed by atoms with van der Waals surface area (Å²) in [6, 6.07) is 3.87. The van der Waals surface area contributed by atoms with Gasteiger partial charge in [0.15, 0.2) is 11.5 Å². The standard InChI is InChI=1S/C17H27NO3/c1-12-6-5-7-13(12)10-18-11-14-8-16(20-3)17(21-4)9-15(14)19-2/h8-9,12-13,18H,5-7,10-11H2,1-4H3. The molecule has 1 aromatic carbocycles. The van der Waals surface area contributed by atoms with Crippen molar-refractivity contribution in [3.63, 3.8) is 0 Å². The second kappa shape index (κ2) is 7.55. The minimum absolute atomic E-state index is 0.697. The van der Waals surface area contributed by atoms with Crippen molar-refractivity contribution in [3.05, 3.63) is 17.7 Å². The van der Waals surface area contributed by atoms with Crippen LogP contribution >= 0.6 is 0 Å². The van der Waals surface area contributed by atoms with Crippen LogP contribution in [0.2, 0.25) is 0 Å². The van der Waals surface area contributed by atoms with Crippen LogP contribution in [0.1, 0.15) is 31.7 Å². The van der Waals surface area contributed by atoms with Crippen molar-refractivity contribution in [1.29, 1.82) is 0 Å². The molecule has 0 heterocycles. The summed E-state index contributed by atoms with van der Waals surface area (Å²) < 4.78 is 16.1. The largest absolute Gasteiger partial charge is 0.496 e. The molecule has 2 atom stereocenters. The third-order valence-corrected chi connectivity index (χ3v) is 4.55. The second-order valence-electron chi connectivity index (χ2n) is 5.82. The summed E-state index contributed by atoms with van der Waals surface area (Å²) >= 11 is 0. The number of hydrogen-bond donors (Lipinski definition) is 1. The molecule has 4 nitrogen and oxygen atoms in total. The number of benzene rings is 1. The molecule has 1 aromatic rings. The second-order valence-corrected chi connectivity index (χ2v) is 5.82. The van der Waals surface area contributed by atoms with Crippen molar-refractivity contribution in [2.45, 2.75) is 32.7 Å². The molecule has 1 N–H and O–H groups in total. The van der Waals surface area contributed by atoms with Crippen molar-refractivity contribution >= 4 is 0 Å². The Morgan fingerprint density at radius 1 is 1.00 bits per heavy atom. The summed E-state index contributed by atoms with van der Waals surface area (Å²) in [5, 5.41) is 3.56. The number of methoxy groups -OCH3 is 3. The van der Waals surface area contributed by atoms with E-state index in [0.717, 1.165) is 42.0 Å². The van der Waals surface area contributed by atoms with Crippen LogP contribution in [-0.2, 0) is 6.54 Å². The van der Waals surface area contributed by atoms with E-state index in [1.54, 1.807) is 21.3 Å². The van der Waals surface area contributed by atoms with E-state index in [1.165, 1.54) is 19.3 Å². The van der Waals surface area contributed by atoms with Gasteiger partial charge in [-0.25, -0.2) is 0 Å². The quantitative estimate of drug-likeness (QED) is 0.838. The van der Waals surface area contributed by atoms with Crippen LogP contribution in [0.25, 0.3) is 0 Å². The maximum absolute atomic E-state index is 5.46. The molecule has 2 rings (SSSR count). The van der Waals surface area contributed by atoms with Gasteiger partial charge in [0.25, 0.3) is 0 Å². The van der Waals surface area contributed by atoms with Crippen molar-refractivity contribution in [3.8, 4) is 17.2 Å². The van der Waals surface area contributed by atoms with Gasteiger partial charge in [0, 0.05) is 18.2 Å². The molecule has 1 fully saturated rings. The molecule has 21 heavy (non-hydrogen) atoms. The lowest BCUT2D eigenvalue weighted by molar-refractivity contribution is 0.346. The van der Waals surface area contributed by atoms with Gasteiger partial charge in [0.05, 0.1) is 21.3 Å². The van der Waals surface area contributed by atoms with Crippen LogP contribution in [0.15, 0.2) is 12.1 Å². The molecule has 1 aliphatic rings. The Bertz CT molecular complexity index is 462. The van der Waals surface area contributed by atoms with Crippen molar-refractivity contribution in [1.82, 2.24) is 5.32 Å². The maximum Gasteiger partial charge on any atom is 0.164 e. The fraction of sp³-hybridized carbons (Fsp3) is 0.647. The topological polar surface area (TPSA) is 39.7 Å². The lowest BCUT2D eigenvalue weighted by Gasteiger charge is -2.18. The van der Waals surface area contributed by atoms with Gasteiger partial charge in [-0.15, -0.1) is 0 Å². The first kappa shape index (κ1) is 16.0. The molecular weight excluding hydrogens is 266 g/mol. The molecule has 0 amide bonds. The summed E-state index contributed by atoms with van der Waals surface area (Å²) in [5.41, 5.74) is 1.10. The smallest absolute Gasteiger partial charge is 0.164 e. The van der Waals surface area contributed by atoms with E-state index < -0.39 is 0 Å². The predicted octanol–water partition coefficient (Wildman–Crippen LogP) is 3.24. The average molecular weight is 293 g/mol. The van der Waals surface area contributed by atoms with E-state index in [-0.39, 0.29) is 0 Å². The molecule has 118 valence electrons. The van der Waals surface area contributed by atoms with Crippen LogP contribution in [-0.4, -0.2) is 27.9 Å². The molecule has 0 bridgehead atoms. The molecule has 4 heteroatoms. The van der Waals surface area contributed by atoms with Crippen LogP contribution in [0.4, 0.5) is 0 Å². The zero-order valence-corrected chi connectivity index (χ0v) is 13.6. The Labute approximate surface area is 127 Å². The van der Waals surface area contributed by atoms with Gasteiger partial charge in [-0.05, 0) is 30.9 Å². The fourth-order valence-corrected chi connectivity index (χ4v) is 3.15. The zero-order valence-electron chi connectivity index (χ0n) is 13.6. The van der Waals surface area contributed by atoms with E-state index in [2.05, 4.69) is 12.2 Å². The number of ether oxygens (including phenoxy) is 3. The van der Waals surface area contributed by atoms with Crippen molar-refractivity contribution in [2.24, 2.45) is 11.8 Å². The normalized spacial score (nSPS) is 21.3. The Hall–Kier alpha value is -1.42. The Kier molecular flexibility index (Phi) is 5.74. The van der Waals surface area contributed by atoms with Gasteiger partial charge in [-0.3, -0.25) is 0 Å². The molecule has 2 unspecified atom stereocenters. The minimum Gasteiger partial charge on any atom is -0.496 e. The van der Waals surface area contributed by atoms with E-state index in [0.29, 0.717) is 5.75 Å². The molecule has 0 spiro atoms. The third-order valence-electron chi connectivity index (χ3n) is 4.55. The predicted molar refractivity (Wildman–Crippen MR) is 84.3 cm³/mol. The van der Waals surface area contributed by atoms with Crippen LogP contribution in [0.3, 0.4) is 0 Å². The van der Waals surface area contributed by atoms with E-state index >= 15 is 0 Å². The molecule has 1 aliphatic carbocycles. The molecule has 0 saturated heterocycles. The molecule has 0 aliphatic heterocycles. The summed E-state index contributed by atoms with van der Waals surface area (Å²) in [4.78, 5) is 0. The highest BCUT2D eigenvalue weighted by Crippen LogP contribution is 2.35. The molecule has 1 saturated carbocycles. The lowest BCUT2D eigenvalue weighted by Crippen LogP contribution is -2.24. The summed E-state index contributed by atoms with van der Waals surface area (Å²) in [6.45, 7) is 4.21. The first-order valence-corrected chi connectivity index (χ1v) is 7.69. The molecule has 0 aromatic heterocycles. The Morgan fingerprint density at radius 3 is 2.24 bits per heavy atom. The number of rotatable bonds is 7. The zero-order chi connectivity index (χ0) is 15.2. The third kappa shape index (κ3) is 3.82. The molecule has 0 radical (unpaired) electrons. The highest BCUT2D eigenvalue weighted by molar-refractivity contribution is 5.50. The van der Waals surface area contributed by atoms with Gasteiger partial charge < -0.3 is 19.5 Å². The van der Waals surface area contributed by atoms with Crippen LogP contribution in [0.5, 0.6) is 17.2 Å². The van der Waals surface area contributed by atoms with Gasteiger partial charge >= 0.3 is 0 Å². The molecular formula is C17H27NO3. The number of nitrogens with one attached hydrogen (secondary N) is 1. The monoisotopic (exact) mass is 293 g/mol. The summed E-state index contributed by atoms with van der Waals surface area (Å²) in [5.74, 6) is 3.91. The summed E-state index contributed by atoms with van der Waals surface area (Å²) in [7, 11) is 4.97. The average Bonchev–Trinajstić information content (AvgIpc) is 2.92. The highest BCUT2D eigenvalue weighted by atomic mass is 16.5. The van der Waals surface area contributed by atoms with E-state index in [1.807, 2.05) is 12.1 Å². The Morgan fingerprint density at radius 2 is 1.67 bits per heavy atom. The van der Waals surface area contributed by atoms with Gasteiger partial charge in [0.2, 0.25) is 0 Å². The van der Waals surface area contributed by atoms with Gasteiger partial charge in [-0.2, -0.15) is 0 Å². The van der Waals surface area contributed by atoms with E-state index in [4.69, 9.17) is 14.2 Å². The van der Waals surface area contributed by atoms with Gasteiger partial charge in [-0.1, -0.05) is 19.8 Å². The first-order chi connectivity index (χ1) is 10.2.